The fraction of sp³-hybridized carbons (Fsp3) is 0.600. The van der Waals surface area contributed by atoms with E-state index in [0.717, 1.165) is 24.1 Å². The molecule has 14 heavy (non-hydrogen) atoms. The third-order valence-electron chi connectivity index (χ3n) is 2.88. The quantitative estimate of drug-likeness (QED) is 0.661. The molecule has 0 aromatic carbocycles. The molecule has 1 aliphatic heterocycles. The van der Waals surface area contributed by atoms with E-state index in [-0.39, 0.29) is 11.9 Å². The van der Waals surface area contributed by atoms with Gasteiger partial charge >= 0.3 is 5.97 Å². The maximum Gasteiger partial charge on any atom is 0.309 e. The summed E-state index contributed by atoms with van der Waals surface area (Å²) in [5.74, 6) is 0.184. The molecule has 2 rings (SSSR count). The van der Waals surface area contributed by atoms with Crippen molar-refractivity contribution < 1.29 is 14.3 Å². The molecule has 0 spiro atoms. The minimum atomic E-state index is -0.228. The molecule has 0 bridgehead atoms. The smallest absolute Gasteiger partial charge is 0.309 e. The first-order valence-electron chi connectivity index (χ1n) is 4.79. The summed E-state index contributed by atoms with van der Waals surface area (Å²) >= 11 is 0. The molecule has 4 heteroatoms. The Balaban J connectivity index is 2.11. The van der Waals surface area contributed by atoms with E-state index in [1.54, 1.807) is 0 Å². The van der Waals surface area contributed by atoms with Crippen LogP contribution in [-0.2, 0) is 14.3 Å². The van der Waals surface area contributed by atoms with Crippen molar-refractivity contribution in [3.63, 3.8) is 0 Å². The molecule has 1 unspecified atom stereocenters. The Bertz CT molecular complexity index is 319. The highest BCUT2D eigenvalue weighted by Crippen LogP contribution is 2.37. The summed E-state index contributed by atoms with van der Waals surface area (Å²) < 4.78 is 4.60. The molecular weight excluding hydrogens is 182 g/mol. The zero-order valence-corrected chi connectivity index (χ0v) is 8.13. The summed E-state index contributed by atoms with van der Waals surface area (Å²) in [6, 6.07) is 0. The molecule has 0 saturated carbocycles. The van der Waals surface area contributed by atoms with Crippen LogP contribution in [0, 0.1) is 5.92 Å². The van der Waals surface area contributed by atoms with Crippen molar-refractivity contribution in [2.24, 2.45) is 5.92 Å². The van der Waals surface area contributed by atoms with Crippen LogP contribution < -0.4 is 5.32 Å². The van der Waals surface area contributed by atoms with Crippen LogP contribution in [0.4, 0.5) is 0 Å². The summed E-state index contributed by atoms with van der Waals surface area (Å²) in [6.07, 6.45) is 2.80. The molecule has 1 N–H and O–H groups in total. The molecule has 0 aromatic heterocycles. The van der Waals surface area contributed by atoms with Gasteiger partial charge in [-0.2, -0.15) is 0 Å². The number of carbonyl (C=O) groups excluding carboxylic acids is 2. The lowest BCUT2D eigenvalue weighted by Crippen LogP contribution is -2.14. The number of nitrogens with one attached hydrogen (secondary N) is 1. The van der Waals surface area contributed by atoms with Crippen molar-refractivity contribution >= 4 is 11.9 Å². The molecule has 1 aliphatic carbocycles. The fourth-order valence-corrected chi connectivity index (χ4v) is 2.17. The molecule has 76 valence electrons. The zero-order valence-electron chi connectivity index (χ0n) is 8.13. The van der Waals surface area contributed by atoms with Crippen molar-refractivity contribution in [3.8, 4) is 0 Å². The summed E-state index contributed by atoms with van der Waals surface area (Å²) in [6.45, 7) is 0. The summed E-state index contributed by atoms with van der Waals surface area (Å²) in [5.41, 5.74) is 2.04. The highest BCUT2D eigenvalue weighted by atomic mass is 16.5. The molecule has 1 atom stereocenters. The Hall–Kier alpha value is -1.32. The van der Waals surface area contributed by atoms with Crippen molar-refractivity contribution in [2.45, 2.75) is 25.7 Å². The molecule has 1 amide bonds. The number of hydrogen-bond acceptors (Lipinski definition) is 3. The third kappa shape index (κ3) is 1.52. The second-order valence-electron chi connectivity index (χ2n) is 3.76. The molecule has 0 aromatic rings. The van der Waals surface area contributed by atoms with Crippen LogP contribution in [0.15, 0.2) is 11.3 Å². The lowest BCUT2D eigenvalue weighted by atomic mass is 10.1. The SMILES string of the molecule is COC(=O)CC1=C2NC(=O)CC2CC1. The first-order valence-corrected chi connectivity index (χ1v) is 4.79. The monoisotopic (exact) mass is 195 g/mol. The molecular formula is C10H13NO3. The lowest BCUT2D eigenvalue weighted by molar-refractivity contribution is -0.139. The lowest BCUT2D eigenvalue weighted by Gasteiger charge is -2.03. The Morgan fingerprint density at radius 2 is 2.43 bits per heavy atom. The van der Waals surface area contributed by atoms with Crippen LogP contribution in [0.2, 0.25) is 0 Å². The van der Waals surface area contributed by atoms with E-state index in [1.807, 2.05) is 0 Å². The number of allylic oxidation sites excluding steroid dienone is 1. The molecule has 0 radical (unpaired) electrons. The number of hydrogen-bond donors (Lipinski definition) is 1. The second-order valence-corrected chi connectivity index (χ2v) is 3.76. The van der Waals surface area contributed by atoms with Crippen molar-refractivity contribution in [3.05, 3.63) is 11.3 Å². The van der Waals surface area contributed by atoms with Gasteiger partial charge in [0.1, 0.15) is 0 Å². The molecule has 1 saturated heterocycles. The molecule has 4 nitrogen and oxygen atoms in total. The number of esters is 1. The molecule has 1 heterocycles. The number of amides is 1. The number of carbonyl (C=O) groups is 2. The van der Waals surface area contributed by atoms with Crippen LogP contribution in [0.3, 0.4) is 0 Å². The van der Waals surface area contributed by atoms with Gasteiger partial charge in [-0.15, -0.1) is 0 Å². The summed E-state index contributed by atoms with van der Waals surface area (Å²) in [7, 11) is 1.38. The van der Waals surface area contributed by atoms with Gasteiger partial charge in [0.15, 0.2) is 0 Å². The minimum absolute atomic E-state index is 0.0760. The summed E-state index contributed by atoms with van der Waals surface area (Å²) in [4.78, 5) is 22.2. The van der Waals surface area contributed by atoms with E-state index in [0.29, 0.717) is 18.8 Å². The van der Waals surface area contributed by atoms with Crippen molar-refractivity contribution in [2.75, 3.05) is 7.11 Å². The Morgan fingerprint density at radius 3 is 3.14 bits per heavy atom. The number of rotatable bonds is 2. The van der Waals surface area contributed by atoms with E-state index in [9.17, 15) is 9.59 Å². The van der Waals surface area contributed by atoms with E-state index in [4.69, 9.17) is 0 Å². The van der Waals surface area contributed by atoms with E-state index >= 15 is 0 Å². The third-order valence-corrected chi connectivity index (χ3v) is 2.88. The normalized spacial score (nSPS) is 24.9. The number of fused-ring (bicyclic) bond motifs is 1. The predicted molar refractivity (Wildman–Crippen MR) is 49.1 cm³/mol. The second kappa shape index (κ2) is 3.44. The minimum Gasteiger partial charge on any atom is -0.469 e. The van der Waals surface area contributed by atoms with E-state index in [2.05, 4.69) is 10.1 Å². The van der Waals surface area contributed by atoms with Gasteiger partial charge in [0, 0.05) is 18.0 Å². The average molecular weight is 195 g/mol. The van der Waals surface area contributed by atoms with E-state index in [1.165, 1.54) is 7.11 Å². The van der Waals surface area contributed by atoms with Gasteiger partial charge in [0.2, 0.25) is 5.91 Å². The van der Waals surface area contributed by atoms with Gasteiger partial charge in [0.05, 0.1) is 13.5 Å². The van der Waals surface area contributed by atoms with Crippen LogP contribution in [-0.4, -0.2) is 19.0 Å². The van der Waals surface area contributed by atoms with Crippen molar-refractivity contribution in [1.82, 2.24) is 5.32 Å². The van der Waals surface area contributed by atoms with Gasteiger partial charge in [-0.1, -0.05) is 0 Å². The largest absolute Gasteiger partial charge is 0.469 e. The van der Waals surface area contributed by atoms with Gasteiger partial charge < -0.3 is 10.1 Å². The first kappa shape index (κ1) is 9.24. The maximum atomic E-state index is 11.1. The standard InChI is InChI=1S/C10H13NO3/c1-14-9(13)5-7-3-2-6-4-8(12)11-10(6)7/h6H,2-5H2,1H3,(H,11,12). The Morgan fingerprint density at radius 1 is 1.64 bits per heavy atom. The van der Waals surface area contributed by atoms with Gasteiger partial charge in [-0.3, -0.25) is 9.59 Å². The number of methoxy groups -OCH3 is 1. The van der Waals surface area contributed by atoms with Gasteiger partial charge in [-0.25, -0.2) is 0 Å². The number of ether oxygens (including phenoxy) is 1. The Kier molecular flexibility index (Phi) is 2.27. The molecule has 2 aliphatic rings. The van der Waals surface area contributed by atoms with Crippen LogP contribution in [0.25, 0.3) is 0 Å². The fourth-order valence-electron chi connectivity index (χ4n) is 2.17. The maximum absolute atomic E-state index is 11.1. The topological polar surface area (TPSA) is 55.4 Å². The van der Waals surface area contributed by atoms with Crippen molar-refractivity contribution in [1.29, 1.82) is 0 Å². The highest BCUT2D eigenvalue weighted by molar-refractivity contribution is 5.83. The van der Waals surface area contributed by atoms with Gasteiger partial charge in [-0.05, 0) is 18.4 Å². The first-order chi connectivity index (χ1) is 6.70. The Labute approximate surface area is 82.3 Å². The highest BCUT2D eigenvalue weighted by Gasteiger charge is 2.34. The summed E-state index contributed by atoms with van der Waals surface area (Å²) in [5, 5.41) is 2.83. The van der Waals surface area contributed by atoms with Crippen LogP contribution >= 0.6 is 0 Å². The van der Waals surface area contributed by atoms with Crippen LogP contribution in [0.5, 0.6) is 0 Å². The van der Waals surface area contributed by atoms with Crippen LogP contribution in [0.1, 0.15) is 25.7 Å². The van der Waals surface area contributed by atoms with E-state index < -0.39 is 0 Å². The predicted octanol–water partition coefficient (Wildman–Crippen LogP) is 0.733. The molecule has 1 fully saturated rings. The zero-order chi connectivity index (χ0) is 10.1. The van der Waals surface area contributed by atoms with Gasteiger partial charge in [0.25, 0.3) is 0 Å². The average Bonchev–Trinajstić information content (AvgIpc) is 2.67.